The number of nitrogens with zero attached hydrogens (tertiary/aromatic N) is 6. The predicted molar refractivity (Wildman–Crippen MR) is 466 cm³/mol. The highest BCUT2D eigenvalue weighted by molar-refractivity contribution is 7.86. The third-order valence-electron chi connectivity index (χ3n) is 18.5. The highest BCUT2D eigenvalue weighted by Crippen LogP contribution is 2.46. The van der Waals surface area contributed by atoms with Gasteiger partial charge in [-0.1, -0.05) is 6.07 Å². The highest BCUT2D eigenvalue weighted by Gasteiger charge is 2.36. The van der Waals surface area contributed by atoms with E-state index in [0.29, 0.717) is 0 Å². The molecule has 0 spiro atoms. The van der Waals surface area contributed by atoms with Crippen LogP contribution in [0.2, 0.25) is 0 Å². The summed E-state index contributed by atoms with van der Waals surface area (Å²) in [5.74, 6) is -6.28. The van der Waals surface area contributed by atoms with Gasteiger partial charge in [0.15, 0.2) is 21.1 Å². The second-order valence-corrected chi connectivity index (χ2v) is 30.8. The van der Waals surface area contributed by atoms with Crippen molar-refractivity contribution >= 4 is 124 Å². The van der Waals surface area contributed by atoms with Gasteiger partial charge in [-0.05, 0) is 60.2 Å². The number of nitrogen functional groups attached to an aromatic ring is 1. The standard InChI is InChI=1S/C78H98N16O38S2/c79-59-8-6-56-71(57-7-9-60(80)75(134(117,118)119)73(57)132-72(56)74(59)133(114,115)116)55-5-1-51(43-58(55)77(100)101)76(99)87-47-70(98)88-78(48-129-22-13-67(95)84-19-28-123-34-40-126-37-31-120-25-16-81-61-10-2-52(89(102)103)44-64(61)92(108)109,49-130-23-14-68(96)85-20-29-124-35-41-127-38-32-121-26-17-82-62-11-3-53(90(104)105)45-65(62)93(110)111)50-131-24-15-69(97)86-21-30-125-36-42-128-39-33-122-27-18-83-63-12-4-54(91(106)107)46-66(63)94(112)113/h1-12,43-46,79,81-83H,13-42,47-50,80H2,(H,84,95)(H,85,96)(H,86,97)(H,87,99)(H,88,98)(H,100,101)(H,114,115,116)(H,117,118,119). The van der Waals surface area contributed by atoms with Crippen LogP contribution in [0.1, 0.15) is 40.0 Å². The second kappa shape index (κ2) is 55.1. The molecule has 0 bridgehead atoms. The van der Waals surface area contributed by atoms with Crippen LogP contribution in [-0.2, 0) is 96.3 Å². The summed E-state index contributed by atoms with van der Waals surface area (Å²) in [4.78, 5) is 142. The van der Waals surface area contributed by atoms with Gasteiger partial charge in [0.2, 0.25) is 23.6 Å². The lowest BCUT2D eigenvalue weighted by molar-refractivity contribution is -0.393. The molecular formula is C78H98N16O38S2. The molecule has 0 atom stereocenters. The van der Waals surface area contributed by atoms with Crippen LogP contribution in [0, 0.1) is 66.1 Å². The number of nitrogens with two attached hydrogens (primary N) is 1. The van der Waals surface area contributed by atoms with Crippen molar-refractivity contribution in [1.29, 1.82) is 5.41 Å². The minimum Gasteiger partial charge on any atom is -0.478 e. The number of benzene rings is 6. The Morgan fingerprint density at radius 3 is 1.10 bits per heavy atom. The molecule has 0 saturated heterocycles. The lowest BCUT2D eigenvalue weighted by Gasteiger charge is -2.34. The number of ether oxygens (including phenoxy) is 12. The number of carbonyl (C=O) groups is 6. The lowest BCUT2D eigenvalue weighted by atomic mass is 9.89. The van der Waals surface area contributed by atoms with E-state index in [1.54, 1.807) is 0 Å². The number of hydrogen-bond donors (Lipinski definition) is 13. The maximum atomic E-state index is 14.4. The molecule has 54 nitrogen and oxygen atoms in total. The molecule has 730 valence electrons. The van der Waals surface area contributed by atoms with Crippen LogP contribution in [-0.4, -0.2) is 306 Å². The Kier molecular flexibility index (Phi) is 44.3. The molecule has 134 heavy (non-hydrogen) atoms. The van der Waals surface area contributed by atoms with Crippen LogP contribution in [0.3, 0.4) is 0 Å². The zero-order valence-corrected chi connectivity index (χ0v) is 73.1. The van der Waals surface area contributed by atoms with Crippen LogP contribution < -0.4 is 53.6 Å². The molecule has 0 unspecified atom stereocenters. The summed E-state index contributed by atoms with van der Waals surface area (Å²) >= 11 is 0. The van der Waals surface area contributed by atoms with Crippen molar-refractivity contribution in [3.05, 3.63) is 174 Å². The largest absolute Gasteiger partial charge is 0.478 e. The SMILES string of the molecule is N=c1ccc2c(-c3ccc(C(=O)NCC(=O)NC(COCCC(=O)NCCOCCOCCOCCNc4ccc([N+](=O)[O-])cc4[N+](=O)[O-])(COCCC(=O)NCCOCCOCCOCCNc4ccc([N+](=O)[O-])cc4[N+](=O)[O-])COCCC(=O)NCCOCCOCCOCCNc4ccc([N+](=O)[O-])cc4[N+](=O)[O-])cc3C(=O)O)c3ccc(N)c(S(=O)(=O)O)c3oc-2c1S(=O)(=O)O. The number of aromatic carboxylic acids is 1. The number of amides is 5. The topological polar surface area (TPSA) is 760 Å². The predicted octanol–water partition coefficient (Wildman–Crippen LogP) is 3.55. The summed E-state index contributed by atoms with van der Waals surface area (Å²) in [6.45, 7) is -1.13. The number of carboxylic acid groups (broad SMARTS) is 1. The molecule has 5 aromatic rings. The number of rotatable bonds is 68. The van der Waals surface area contributed by atoms with E-state index in [4.69, 9.17) is 72.4 Å². The Labute approximate surface area is 760 Å². The van der Waals surface area contributed by atoms with E-state index < -0.39 is 195 Å². The van der Waals surface area contributed by atoms with Gasteiger partial charge in [-0.15, -0.1) is 0 Å². The summed E-state index contributed by atoms with van der Waals surface area (Å²) < 4.78 is 145. The summed E-state index contributed by atoms with van der Waals surface area (Å²) in [6.07, 6.45) is -0.862. The van der Waals surface area contributed by atoms with Gasteiger partial charge >= 0.3 is 5.97 Å². The Morgan fingerprint density at radius 2 is 0.754 bits per heavy atom. The molecule has 5 amide bonds. The maximum absolute atomic E-state index is 14.4. The molecule has 0 aromatic heterocycles. The first-order valence-electron chi connectivity index (χ1n) is 40.5. The summed E-state index contributed by atoms with van der Waals surface area (Å²) in [6, 6.07) is 16.6. The third-order valence-corrected chi connectivity index (χ3v) is 20.3. The van der Waals surface area contributed by atoms with Gasteiger partial charge in [0.25, 0.3) is 60.3 Å². The Bertz CT molecular complexity index is 5230. The van der Waals surface area contributed by atoms with Crippen LogP contribution in [0.5, 0.6) is 0 Å². The average molecular weight is 1930 g/mol. The molecule has 1 aliphatic heterocycles. The van der Waals surface area contributed by atoms with Gasteiger partial charge in [0.05, 0.1) is 229 Å². The van der Waals surface area contributed by atoms with Crippen LogP contribution in [0.15, 0.2) is 111 Å². The minimum absolute atomic E-state index is 0.0247. The number of nitro groups is 6. The monoisotopic (exact) mass is 1930 g/mol. The Hall–Kier alpha value is -13.4. The van der Waals surface area contributed by atoms with Crippen molar-refractivity contribution in [3.8, 4) is 22.5 Å². The fourth-order valence-electron chi connectivity index (χ4n) is 12.3. The third kappa shape index (κ3) is 35.6. The molecule has 1 aliphatic carbocycles. The van der Waals surface area contributed by atoms with Crippen molar-refractivity contribution in [2.75, 3.05) is 226 Å². The van der Waals surface area contributed by atoms with Crippen LogP contribution >= 0.6 is 0 Å². The highest BCUT2D eigenvalue weighted by atomic mass is 32.2. The van der Waals surface area contributed by atoms with Crippen molar-refractivity contribution in [3.63, 3.8) is 0 Å². The maximum Gasteiger partial charge on any atom is 0.336 e. The van der Waals surface area contributed by atoms with E-state index in [1.165, 1.54) is 18.2 Å². The molecule has 0 saturated carbocycles. The van der Waals surface area contributed by atoms with Crippen molar-refractivity contribution in [2.24, 2.45) is 0 Å². The molecule has 2 aliphatic rings. The van der Waals surface area contributed by atoms with Gasteiger partial charge < -0.3 is 115 Å². The number of fused-ring (bicyclic) bond motifs is 2. The van der Waals surface area contributed by atoms with E-state index in [1.807, 2.05) is 0 Å². The Morgan fingerprint density at radius 1 is 0.403 bits per heavy atom. The van der Waals surface area contributed by atoms with Crippen LogP contribution in [0.25, 0.3) is 33.4 Å². The van der Waals surface area contributed by atoms with E-state index in [-0.39, 0.29) is 236 Å². The zero-order valence-electron chi connectivity index (χ0n) is 71.5. The Balaban J connectivity index is 0.966. The summed E-state index contributed by atoms with van der Waals surface area (Å²) in [5, 5.41) is 107. The number of nitro benzene ring substituents is 6. The number of hydrogen-bond acceptors (Lipinski definition) is 40. The molecule has 0 fully saturated rings. The first-order valence-corrected chi connectivity index (χ1v) is 43.4. The summed E-state index contributed by atoms with van der Waals surface area (Å²) in [5.41, 5.74) is -2.07. The van der Waals surface area contributed by atoms with Crippen LogP contribution in [0.4, 0.5) is 56.9 Å². The number of carbonyl (C=O) groups excluding carboxylic acids is 5. The fourth-order valence-corrected chi connectivity index (χ4v) is 13.7. The van der Waals surface area contributed by atoms with Gasteiger partial charge in [0.1, 0.15) is 22.6 Å². The zero-order chi connectivity index (χ0) is 97.8. The number of non-ortho nitro benzene ring substituents is 3. The van der Waals surface area contributed by atoms with Crippen molar-refractivity contribution in [1.82, 2.24) is 26.6 Å². The smallest absolute Gasteiger partial charge is 0.336 e. The van der Waals surface area contributed by atoms with E-state index >= 15 is 0 Å². The molecule has 14 N–H and O–H groups in total. The van der Waals surface area contributed by atoms with Crippen molar-refractivity contribution in [2.45, 2.75) is 34.6 Å². The molecule has 7 rings (SSSR count). The fraction of sp³-hybridized carbons (Fsp3) is 0.449. The van der Waals surface area contributed by atoms with Gasteiger partial charge in [-0.3, -0.25) is 99.2 Å². The van der Waals surface area contributed by atoms with Gasteiger partial charge in [0, 0.05) is 98.8 Å². The summed E-state index contributed by atoms with van der Waals surface area (Å²) in [7, 11) is -10.7. The minimum atomic E-state index is -5.40. The quantitative estimate of drug-likeness (QED) is 0.00647. The van der Waals surface area contributed by atoms with Gasteiger partial charge in [-0.25, -0.2) is 4.79 Å². The molecular weight excluding hydrogens is 1830 g/mol. The first kappa shape index (κ1) is 108. The molecule has 1 heterocycles. The second-order valence-electron chi connectivity index (χ2n) is 28.1. The normalized spacial score (nSPS) is 11.5. The van der Waals surface area contributed by atoms with E-state index in [2.05, 4.69) is 42.5 Å². The molecule has 56 heteroatoms. The first-order chi connectivity index (χ1) is 64.0. The van der Waals surface area contributed by atoms with Gasteiger partial charge in [-0.2, -0.15) is 16.8 Å². The lowest BCUT2D eigenvalue weighted by Crippen LogP contribution is -2.60. The number of nitrogens with one attached hydrogen (secondary N) is 9. The van der Waals surface area contributed by atoms with E-state index in [9.17, 15) is 121 Å². The van der Waals surface area contributed by atoms with Crippen molar-refractivity contribution < 1.29 is 151 Å². The average Bonchev–Trinajstić information content (AvgIpc) is 0.719. The molecule has 5 aromatic carbocycles. The van der Waals surface area contributed by atoms with E-state index in [0.717, 1.165) is 78.9 Å². The number of carboxylic acids is 1. The molecule has 0 radical (unpaired) electrons. The number of anilines is 4.